The van der Waals surface area contributed by atoms with E-state index in [1.54, 1.807) is 0 Å². The molecule has 1 fully saturated rings. The average molecular weight is 339 g/mol. The predicted molar refractivity (Wildman–Crippen MR) is 95.6 cm³/mol. The molecule has 1 aromatic carbocycles. The van der Waals surface area contributed by atoms with Gasteiger partial charge in [-0.1, -0.05) is 18.2 Å². The van der Waals surface area contributed by atoms with Crippen molar-refractivity contribution in [1.82, 2.24) is 14.7 Å². The van der Waals surface area contributed by atoms with Crippen LogP contribution in [0.25, 0.3) is 0 Å². The highest BCUT2D eigenvalue weighted by molar-refractivity contribution is 5.80. The molecule has 0 unspecified atom stereocenters. The highest BCUT2D eigenvalue weighted by Crippen LogP contribution is 2.30. The summed E-state index contributed by atoms with van der Waals surface area (Å²) in [4.78, 5) is 15.2. The summed E-state index contributed by atoms with van der Waals surface area (Å²) in [5.74, 6) is 1.08. The number of likely N-dealkylation sites (tertiary alicyclic amines) is 1. The van der Waals surface area contributed by atoms with Gasteiger partial charge in [0.05, 0.1) is 24.2 Å². The summed E-state index contributed by atoms with van der Waals surface area (Å²) in [5, 5.41) is 4.56. The maximum absolute atomic E-state index is 13.1. The van der Waals surface area contributed by atoms with Crippen LogP contribution in [-0.2, 0) is 17.8 Å². The number of fused-ring (bicyclic) bond motifs is 1. The van der Waals surface area contributed by atoms with Crippen molar-refractivity contribution >= 4 is 5.91 Å². The molecule has 1 aromatic heterocycles. The highest BCUT2D eigenvalue weighted by Gasteiger charge is 2.35. The van der Waals surface area contributed by atoms with Gasteiger partial charge < -0.3 is 9.64 Å². The third-order valence-corrected chi connectivity index (χ3v) is 5.38. The SMILES string of the molecule is Cc1cc(C)n(C[C@H]2CCCN2C(=O)[C@@H]2COc3ccccc3C2)n1. The van der Waals surface area contributed by atoms with E-state index in [9.17, 15) is 4.79 Å². The summed E-state index contributed by atoms with van der Waals surface area (Å²) < 4.78 is 7.87. The van der Waals surface area contributed by atoms with Crippen LogP contribution in [0, 0.1) is 19.8 Å². The minimum Gasteiger partial charge on any atom is -0.492 e. The van der Waals surface area contributed by atoms with Gasteiger partial charge in [-0.25, -0.2) is 0 Å². The maximum Gasteiger partial charge on any atom is 0.229 e. The van der Waals surface area contributed by atoms with Crippen molar-refractivity contribution in [2.75, 3.05) is 13.2 Å². The van der Waals surface area contributed by atoms with Crippen LogP contribution in [-0.4, -0.2) is 39.8 Å². The molecule has 0 aliphatic carbocycles. The molecule has 4 rings (SSSR count). The van der Waals surface area contributed by atoms with Crippen LogP contribution >= 0.6 is 0 Å². The van der Waals surface area contributed by atoms with Gasteiger partial charge in [0.2, 0.25) is 5.91 Å². The van der Waals surface area contributed by atoms with Gasteiger partial charge >= 0.3 is 0 Å². The lowest BCUT2D eigenvalue weighted by Crippen LogP contribution is -2.44. The van der Waals surface area contributed by atoms with Gasteiger partial charge in [-0.15, -0.1) is 0 Å². The zero-order chi connectivity index (χ0) is 17.4. The number of aromatic nitrogens is 2. The minimum atomic E-state index is -0.0732. The largest absolute Gasteiger partial charge is 0.492 e. The number of rotatable bonds is 3. The maximum atomic E-state index is 13.1. The second kappa shape index (κ2) is 6.54. The van der Waals surface area contributed by atoms with Crippen molar-refractivity contribution < 1.29 is 9.53 Å². The molecule has 0 spiro atoms. The molecule has 2 aliphatic rings. The molecular weight excluding hydrogens is 314 g/mol. The standard InChI is InChI=1S/C20H25N3O2/c1-14-10-15(2)23(21-14)12-18-7-5-9-22(18)20(24)17-11-16-6-3-4-8-19(16)25-13-17/h3-4,6,8,10,17-18H,5,7,9,11-13H2,1-2H3/t17-,18+/m0/s1. The lowest BCUT2D eigenvalue weighted by molar-refractivity contribution is -0.138. The molecule has 2 aliphatic heterocycles. The first kappa shape index (κ1) is 16.2. The Bertz CT molecular complexity index is 783. The number of benzene rings is 1. The van der Waals surface area contributed by atoms with Crippen LogP contribution in [0.5, 0.6) is 5.75 Å². The smallest absolute Gasteiger partial charge is 0.229 e. The molecule has 5 heteroatoms. The third kappa shape index (κ3) is 3.15. The van der Waals surface area contributed by atoms with Gasteiger partial charge in [-0.05, 0) is 50.8 Å². The predicted octanol–water partition coefficient (Wildman–Crippen LogP) is 2.74. The zero-order valence-corrected chi connectivity index (χ0v) is 14.9. The number of hydrogen-bond acceptors (Lipinski definition) is 3. The quantitative estimate of drug-likeness (QED) is 0.864. The van der Waals surface area contributed by atoms with E-state index in [0.29, 0.717) is 6.61 Å². The number of carbonyl (C=O) groups excluding carboxylic acids is 1. The van der Waals surface area contributed by atoms with E-state index >= 15 is 0 Å². The molecule has 0 bridgehead atoms. The van der Waals surface area contributed by atoms with E-state index in [2.05, 4.69) is 29.1 Å². The molecule has 132 valence electrons. The highest BCUT2D eigenvalue weighted by atomic mass is 16.5. The summed E-state index contributed by atoms with van der Waals surface area (Å²) in [7, 11) is 0. The van der Waals surface area contributed by atoms with Crippen molar-refractivity contribution in [2.45, 2.75) is 45.7 Å². The van der Waals surface area contributed by atoms with E-state index in [1.165, 1.54) is 0 Å². The average Bonchev–Trinajstić information content (AvgIpc) is 3.20. The number of hydrogen-bond donors (Lipinski definition) is 0. The van der Waals surface area contributed by atoms with Crippen LogP contribution in [0.15, 0.2) is 30.3 Å². The van der Waals surface area contributed by atoms with Crippen molar-refractivity contribution in [2.24, 2.45) is 5.92 Å². The molecule has 5 nitrogen and oxygen atoms in total. The zero-order valence-electron chi connectivity index (χ0n) is 14.9. The first-order valence-electron chi connectivity index (χ1n) is 9.14. The molecule has 2 aromatic rings. The fourth-order valence-electron chi connectivity index (χ4n) is 4.10. The van der Waals surface area contributed by atoms with Gasteiger partial charge in [-0.2, -0.15) is 5.10 Å². The van der Waals surface area contributed by atoms with Crippen LogP contribution < -0.4 is 4.74 Å². The van der Waals surface area contributed by atoms with Crippen molar-refractivity contribution in [3.63, 3.8) is 0 Å². The summed E-state index contributed by atoms with van der Waals surface area (Å²) in [6.45, 7) is 6.21. The lowest BCUT2D eigenvalue weighted by atomic mass is 9.95. The number of carbonyl (C=O) groups is 1. The molecule has 3 heterocycles. The lowest BCUT2D eigenvalue weighted by Gasteiger charge is -2.31. The van der Waals surface area contributed by atoms with Crippen LogP contribution in [0.4, 0.5) is 0 Å². The first-order valence-corrected chi connectivity index (χ1v) is 9.14. The van der Waals surface area contributed by atoms with E-state index in [4.69, 9.17) is 4.74 Å². The summed E-state index contributed by atoms with van der Waals surface area (Å²) in [6, 6.07) is 10.4. The van der Waals surface area contributed by atoms with Gasteiger partial charge in [0.1, 0.15) is 12.4 Å². The van der Waals surface area contributed by atoms with E-state index < -0.39 is 0 Å². The van der Waals surface area contributed by atoms with Crippen LogP contribution in [0.1, 0.15) is 29.8 Å². The number of para-hydroxylation sites is 1. The number of amides is 1. The Morgan fingerprint density at radius 2 is 2.16 bits per heavy atom. The van der Waals surface area contributed by atoms with Gasteiger partial charge in [0.25, 0.3) is 0 Å². The van der Waals surface area contributed by atoms with Crippen molar-refractivity contribution in [3.8, 4) is 5.75 Å². The van der Waals surface area contributed by atoms with Crippen LogP contribution in [0.3, 0.4) is 0 Å². The monoisotopic (exact) mass is 339 g/mol. The van der Waals surface area contributed by atoms with Crippen molar-refractivity contribution in [1.29, 1.82) is 0 Å². The molecule has 2 atom stereocenters. The fourth-order valence-corrected chi connectivity index (χ4v) is 4.10. The topological polar surface area (TPSA) is 47.4 Å². The first-order chi connectivity index (χ1) is 12.1. The Morgan fingerprint density at radius 3 is 2.96 bits per heavy atom. The molecule has 0 saturated carbocycles. The second-order valence-corrected chi connectivity index (χ2v) is 7.26. The number of aryl methyl sites for hydroxylation is 2. The van der Waals surface area contributed by atoms with E-state index in [-0.39, 0.29) is 17.9 Å². The minimum absolute atomic E-state index is 0.0732. The van der Waals surface area contributed by atoms with Crippen LogP contribution in [0.2, 0.25) is 0 Å². The van der Waals surface area contributed by atoms with Gasteiger partial charge in [0, 0.05) is 12.2 Å². The molecular formula is C20H25N3O2. The van der Waals surface area contributed by atoms with E-state index in [0.717, 1.165) is 55.1 Å². The van der Waals surface area contributed by atoms with Crippen molar-refractivity contribution in [3.05, 3.63) is 47.3 Å². The number of nitrogens with zero attached hydrogens (tertiary/aromatic N) is 3. The Balaban J connectivity index is 1.47. The summed E-state index contributed by atoms with van der Waals surface area (Å²) in [6.07, 6.45) is 2.90. The summed E-state index contributed by atoms with van der Waals surface area (Å²) in [5.41, 5.74) is 3.33. The Morgan fingerprint density at radius 1 is 1.32 bits per heavy atom. The molecule has 0 radical (unpaired) electrons. The number of ether oxygens (including phenoxy) is 1. The van der Waals surface area contributed by atoms with E-state index in [1.807, 2.05) is 29.8 Å². The molecule has 1 amide bonds. The Hall–Kier alpha value is -2.30. The molecule has 1 saturated heterocycles. The molecule has 0 N–H and O–H groups in total. The second-order valence-electron chi connectivity index (χ2n) is 7.26. The third-order valence-electron chi connectivity index (χ3n) is 5.38. The molecule has 25 heavy (non-hydrogen) atoms. The Labute approximate surface area is 148 Å². The normalized spacial score (nSPS) is 22.6. The van der Waals surface area contributed by atoms with Gasteiger partial charge in [0.15, 0.2) is 0 Å². The summed E-state index contributed by atoms with van der Waals surface area (Å²) >= 11 is 0. The van der Waals surface area contributed by atoms with Gasteiger partial charge in [-0.3, -0.25) is 9.48 Å². The fraction of sp³-hybridized carbons (Fsp3) is 0.500. The Kier molecular flexibility index (Phi) is 4.24.